The highest BCUT2D eigenvalue weighted by Gasteiger charge is 2.11. The summed E-state index contributed by atoms with van der Waals surface area (Å²) in [5.41, 5.74) is 3.01. The lowest BCUT2D eigenvalue weighted by atomic mass is 10.0. The largest absolute Gasteiger partial charge is 0.346 e. The molecule has 3 heteroatoms. The standard InChI is InChI=1S/C17H18ClNO/c1-3-13-4-6-14(7-5-13)12(2)19-17(20)15-8-10-16(18)11-9-15/h4-12H,3H2,1-2H3,(H,19,20)/t12-/m0/s1. The summed E-state index contributed by atoms with van der Waals surface area (Å²) in [5, 5.41) is 3.62. The highest BCUT2D eigenvalue weighted by molar-refractivity contribution is 6.30. The number of amides is 1. The molecule has 0 spiro atoms. The van der Waals surface area contributed by atoms with Crippen molar-refractivity contribution in [2.45, 2.75) is 26.3 Å². The summed E-state index contributed by atoms with van der Waals surface area (Å²) in [6.45, 7) is 4.11. The number of carbonyl (C=O) groups is 1. The lowest BCUT2D eigenvalue weighted by Crippen LogP contribution is -2.26. The Hall–Kier alpha value is -1.80. The lowest BCUT2D eigenvalue weighted by Gasteiger charge is -2.15. The van der Waals surface area contributed by atoms with Gasteiger partial charge in [-0.25, -0.2) is 0 Å². The van der Waals surface area contributed by atoms with Gasteiger partial charge in [0.1, 0.15) is 0 Å². The fourth-order valence-corrected chi connectivity index (χ4v) is 2.13. The average molecular weight is 288 g/mol. The van der Waals surface area contributed by atoms with Crippen molar-refractivity contribution in [2.75, 3.05) is 0 Å². The molecule has 2 aromatic carbocycles. The summed E-state index contributed by atoms with van der Waals surface area (Å²) in [4.78, 5) is 12.1. The van der Waals surface area contributed by atoms with Crippen LogP contribution in [0, 0.1) is 0 Å². The monoisotopic (exact) mass is 287 g/mol. The maximum atomic E-state index is 12.1. The molecule has 0 bridgehead atoms. The Morgan fingerprint density at radius 3 is 2.25 bits per heavy atom. The Kier molecular flexibility index (Phi) is 4.80. The molecule has 0 aromatic heterocycles. The molecule has 104 valence electrons. The summed E-state index contributed by atoms with van der Waals surface area (Å²) in [6, 6.07) is 15.2. The predicted octanol–water partition coefficient (Wildman–Crippen LogP) is 4.39. The van der Waals surface area contributed by atoms with E-state index in [1.807, 2.05) is 6.92 Å². The average Bonchev–Trinajstić information content (AvgIpc) is 2.48. The molecule has 0 unspecified atom stereocenters. The molecule has 0 aliphatic carbocycles. The van der Waals surface area contributed by atoms with Crippen LogP contribution < -0.4 is 5.32 Å². The number of nitrogens with one attached hydrogen (secondary N) is 1. The highest BCUT2D eigenvalue weighted by atomic mass is 35.5. The Morgan fingerprint density at radius 2 is 1.70 bits per heavy atom. The summed E-state index contributed by atoms with van der Waals surface area (Å²) >= 11 is 5.81. The topological polar surface area (TPSA) is 29.1 Å². The van der Waals surface area contributed by atoms with Gasteiger partial charge in [0.25, 0.3) is 5.91 Å². The Balaban J connectivity index is 2.04. The van der Waals surface area contributed by atoms with Crippen molar-refractivity contribution in [2.24, 2.45) is 0 Å². The first-order chi connectivity index (χ1) is 9.60. The molecule has 0 fully saturated rings. The third-order valence-corrected chi connectivity index (χ3v) is 3.59. The quantitative estimate of drug-likeness (QED) is 0.887. The number of halogens is 1. The molecule has 2 rings (SSSR count). The molecule has 0 radical (unpaired) electrons. The zero-order chi connectivity index (χ0) is 14.5. The van der Waals surface area contributed by atoms with Gasteiger partial charge in [-0.15, -0.1) is 0 Å². The van der Waals surface area contributed by atoms with Gasteiger partial charge in [-0.1, -0.05) is 42.8 Å². The van der Waals surface area contributed by atoms with E-state index in [1.165, 1.54) is 5.56 Å². The minimum Gasteiger partial charge on any atom is -0.346 e. The third kappa shape index (κ3) is 3.61. The Morgan fingerprint density at radius 1 is 1.10 bits per heavy atom. The van der Waals surface area contributed by atoms with Crippen LogP contribution in [0.25, 0.3) is 0 Å². The van der Waals surface area contributed by atoms with Crippen LogP contribution in [0.1, 0.15) is 41.4 Å². The maximum Gasteiger partial charge on any atom is 0.251 e. The molecule has 2 aromatic rings. The smallest absolute Gasteiger partial charge is 0.251 e. The molecule has 0 heterocycles. The van der Waals surface area contributed by atoms with Gasteiger partial charge in [-0.05, 0) is 48.7 Å². The van der Waals surface area contributed by atoms with E-state index in [0.29, 0.717) is 10.6 Å². The molecule has 0 aliphatic heterocycles. The van der Waals surface area contributed by atoms with Gasteiger partial charge in [-0.2, -0.15) is 0 Å². The Labute approximate surface area is 124 Å². The van der Waals surface area contributed by atoms with Crippen LogP contribution >= 0.6 is 11.6 Å². The molecule has 1 amide bonds. The van der Waals surface area contributed by atoms with E-state index in [2.05, 4.69) is 36.5 Å². The SMILES string of the molecule is CCc1ccc([C@H](C)NC(=O)c2ccc(Cl)cc2)cc1. The van der Waals surface area contributed by atoms with E-state index in [4.69, 9.17) is 11.6 Å². The number of benzene rings is 2. The second-order valence-corrected chi connectivity index (χ2v) is 5.23. The van der Waals surface area contributed by atoms with Crippen LogP contribution in [0.3, 0.4) is 0 Å². The molecule has 0 saturated carbocycles. The minimum absolute atomic E-state index is 0.0240. The van der Waals surface area contributed by atoms with Crippen molar-refractivity contribution >= 4 is 17.5 Å². The van der Waals surface area contributed by atoms with Crippen LogP contribution in [0.5, 0.6) is 0 Å². The van der Waals surface area contributed by atoms with Crippen molar-refractivity contribution < 1.29 is 4.79 Å². The number of hydrogen-bond acceptors (Lipinski definition) is 1. The normalized spacial score (nSPS) is 11.9. The van der Waals surface area contributed by atoms with Gasteiger partial charge in [0.15, 0.2) is 0 Å². The number of rotatable bonds is 4. The van der Waals surface area contributed by atoms with E-state index < -0.39 is 0 Å². The number of carbonyl (C=O) groups excluding carboxylic acids is 1. The highest BCUT2D eigenvalue weighted by Crippen LogP contribution is 2.15. The van der Waals surface area contributed by atoms with E-state index in [-0.39, 0.29) is 11.9 Å². The second-order valence-electron chi connectivity index (χ2n) is 4.80. The molecular formula is C17H18ClNO. The fourth-order valence-electron chi connectivity index (χ4n) is 2.01. The summed E-state index contributed by atoms with van der Waals surface area (Å²) in [5.74, 6) is -0.0891. The molecule has 1 N–H and O–H groups in total. The molecule has 0 saturated heterocycles. The van der Waals surface area contributed by atoms with Gasteiger partial charge in [0.2, 0.25) is 0 Å². The van der Waals surface area contributed by atoms with Crippen LogP contribution in [0.15, 0.2) is 48.5 Å². The first-order valence-corrected chi connectivity index (χ1v) is 7.13. The Bertz CT molecular complexity index is 575. The van der Waals surface area contributed by atoms with Crippen molar-refractivity contribution in [1.82, 2.24) is 5.32 Å². The van der Waals surface area contributed by atoms with E-state index in [0.717, 1.165) is 12.0 Å². The van der Waals surface area contributed by atoms with E-state index in [1.54, 1.807) is 24.3 Å². The first kappa shape index (κ1) is 14.6. The number of aryl methyl sites for hydroxylation is 1. The van der Waals surface area contributed by atoms with Crippen LogP contribution in [0.4, 0.5) is 0 Å². The maximum absolute atomic E-state index is 12.1. The van der Waals surface area contributed by atoms with Crippen molar-refractivity contribution in [3.05, 3.63) is 70.2 Å². The van der Waals surface area contributed by atoms with Gasteiger partial charge in [0, 0.05) is 10.6 Å². The van der Waals surface area contributed by atoms with Gasteiger partial charge in [-0.3, -0.25) is 4.79 Å². The summed E-state index contributed by atoms with van der Waals surface area (Å²) in [6.07, 6.45) is 1.02. The summed E-state index contributed by atoms with van der Waals surface area (Å²) in [7, 11) is 0. The summed E-state index contributed by atoms with van der Waals surface area (Å²) < 4.78 is 0. The molecule has 0 aliphatic rings. The zero-order valence-corrected chi connectivity index (χ0v) is 12.4. The molecule has 20 heavy (non-hydrogen) atoms. The van der Waals surface area contributed by atoms with Crippen molar-refractivity contribution in [3.8, 4) is 0 Å². The first-order valence-electron chi connectivity index (χ1n) is 6.75. The zero-order valence-electron chi connectivity index (χ0n) is 11.7. The minimum atomic E-state index is -0.0891. The van der Waals surface area contributed by atoms with E-state index in [9.17, 15) is 4.79 Å². The molecule has 2 nitrogen and oxygen atoms in total. The van der Waals surface area contributed by atoms with Gasteiger partial charge < -0.3 is 5.32 Å². The van der Waals surface area contributed by atoms with Crippen molar-refractivity contribution in [3.63, 3.8) is 0 Å². The lowest BCUT2D eigenvalue weighted by molar-refractivity contribution is 0.0940. The van der Waals surface area contributed by atoms with Crippen molar-refractivity contribution in [1.29, 1.82) is 0 Å². The number of hydrogen-bond donors (Lipinski definition) is 1. The fraction of sp³-hybridized carbons (Fsp3) is 0.235. The van der Waals surface area contributed by atoms with Crippen LogP contribution in [-0.4, -0.2) is 5.91 Å². The predicted molar refractivity (Wildman–Crippen MR) is 83.2 cm³/mol. The third-order valence-electron chi connectivity index (χ3n) is 3.34. The van der Waals surface area contributed by atoms with Crippen LogP contribution in [0.2, 0.25) is 5.02 Å². The van der Waals surface area contributed by atoms with Gasteiger partial charge >= 0.3 is 0 Å². The van der Waals surface area contributed by atoms with E-state index >= 15 is 0 Å². The van der Waals surface area contributed by atoms with Gasteiger partial charge in [0.05, 0.1) is 6.04 Å². The van der Waals surface area contributed by atoms with Crippen LogP contribution in [-0.2, 0) is 6.42 Å². The molecular weight excluding hydrogens is 270 g/mol. The molecule has 1 atom stereocenters. The second kappa shape index (κ2) is 6.58.